The SMILES string of the molecule is C.C[C@H]1CC[C@@H](CCN2CCC(C(=O)c3ccc(F)cc3)CC2)C1. The van der Waals surface area contributed by atoms with Gasteiger partial charge >= 0.3 is 0 Å². The number of benzene rings is 1. The number of hydrogen-bond donors (Lipinski definition) is 0. The summed E-state index contributed by atoms with van der Waals surface area (Å²) in [4.78, 5) is 15.0. The summed E-state index contributed by atoms with van der Waals surface area (Å²) in [5.41, 5.74) is 0.657. The zero-order valence-corrected chi connectivity index (χ0v) is 14.1. The number of ketones is 1. The van der Waals surface area contributed by atoms with E-state index >= 15 is 0 Å². The van der Waals surface area contributed by atoms with Gasteiger partial charge in [0.15, 0.2) is 5.78 Å². The number of halogens is 1. The second-order valence-electron chi connectivity index (χ2n) is 7.56. The van der Waals surface area contributed by atoms with Crippen LogP contribution in [-0.4, -0.2) is 30.3 Å². The normalized spacial score (nSPS) is 25.4. The van der Waals surface area contributed by atoms with Crippen molar-refractivity contribution in [2.24, 2.45) is 17.8 Å². The molecule has 0 unspecified atom stereocenters. The van der Waals surface area contributed by atoms with E-state index in [1.807, 2.05) is 0 Å². The lowest BCUT2D eigenvalue weighted by Gasteiger charge is -2.32. The van der Waals surface area contributed by atoms with E-state index in [0.29, 0.717) is 5.56 Å². The minimum absolute atomic E-state index is 0. The van der Waals surface area contributed by atoms with Crippen molar-refractivity contribution in [1.82, 2.24) is 4.90 Å². The Bertz CT molecular complexity index is 519. The first-order chi connectivity index (χ1) is 11.1. The summed E-state index contributed by atoms with van der Waals surface area (Å²) in [5, 5.41) is 0. The van der Waals surface area contributed by atoms with Crippen LogP contribution < -0.4 is 0 Å². The Morgan fingerprint density at radius 2 is 1.79 bits per heavy atom. The van der Waals surface area contributed by atoms with Crippen LogP contribution in [0.5, 0.6) is 0 Å². The zero-order valence-electron chi connectivity index (χ0n) is 14.1. The summed E-state index contributed by atoms with van der Waals surface area (Å²) >= 11 is 0. The van der Waals surface area contributed by atoms with Gasteiger partial charge in [-0.15, -0.1) is 0 Å². The Labute approximate surface area is 146 Å². The van der Waals surface area contributed by atoms with Gasteiger partial charge in [0.1, 0.15) is 5.82 Å². The molecule has 2 fully saturated rings. The summed E-state index contributed by atoms with van der Waals surface area (Å²) in [6.45, 7) is 5.61. The van der Waals surface area contributed by atoms with Crippen molar-refractivity contribution in [3.63, 3.8) is 0 Å². The van der Waals surface area contributed by atoms with Crippen LogP contribution in [0.4, 0.5) is 4.39 Å². The van der Waals surface area contributed by atoms with Crippen LogP contribution in [0.1, 0.15) is 63.2 Å². The molecule has 0 N–H and O–H groups in total. The molecule has 1 aromatic rings. The lowest BCUT2D eigenvalue weighted by Crippen LogP contribution is -2.37. The maximum atomic E-state index is 13.0. The number of carbonyl (C=O) groups is 1. The third-order valence-electron chi connectivity index (χ3n) is 5.74. The van der Waals surface area contributed by atoms with Crippen LogP contribution >= 0.6 is 0 Å². The molecule has 1 aromatic carbocycles. The van der Waals surface area contributed by atoms with Crippen molar-refractivity contribution in [3.05, 3.63) is 35.6 Å². The highest BCUT2D eigenvalue weighted by Gasteiger charge is 2.27. The fourth-order valence-corrected chi connectivity index (χ4v) is 4.22. The van der Waals surface area contributed by atoms with E-state index in [9.17, 15) is 9.18 Å². The van der Waals surface area contributed by atoms with E-state index in [-0.39, 0.29) is 24.9 Å². The van der Waals surface area contributed by atoms with Gasteiger partial charge in [-0.2, -0.15) is 0 Å². The second kappa shape index (κ2) is 8.75. The van der Waals surface area contributed by atoms with Crippen molar-refractivity contribution in [3.8, 4) is 0 Å². The van der Waals surface area contributed by atoms with Gasteiger partial charge in [-0.1, -0.05) is 27.2 Å². The molecule has 0 spiro atoms. The minimum Gasteiger partial charge on any atom is -0.303 e. The van der Waals surface area contributed by atoms with E-state index in [4.69, 9.17) is 0 Å². The smallest absolute Gasteiger partial charge is 0.166 e. The predicted octanol–water partition coefficient (Wildman–Crippen LogP) is 5.18. The van der Waals surface area contributed by atoms with E-state index in [1.165, 1.54) is 44.4 Å². The van der Waals surface area contributed by atoms with Gasteiger partial charge in [0.2, 0.25) is 0 Å². The summed E-state index contributed by atoms with van der Waals surface area (Å²) in [6.07, 6.45) is 7.41. The Balaban J connectivity index is 0.00000208. The molecule has 3 heteroatoms. The lowest BCUT2D eigenvalue weighted by molar-refractivity contribution is 0.0835. The molecule has 2 atom stereocenters. The predicted molar refractivity (Wildman–Crippen MR) is 97.7 cm³/mol. The molecule has 2 nitrogen and oxygen atoms in total. The van der Waals surface area contributed by atoms with Gasteiger partial charge in [0, 0.05) is 11.5 Å². The molecule has 134 valence electrons. The van der Waals surface area contributed by atoms with Crippen molar-refractivity contribution in [2.75, 3.05) is 19.6 Å². The maximum absolute atomic E-state index is 13.0. The molecule has 0 aromatic heterocycles. The molecule has 2 aliphatic rings. The molecule has 1 aliphatic heterocycles. The summed E-state index contributed by atoms with van der Waals surface area (Å²) < 4.78 is 13.0. The Hall–Kier alpha value is -1.22. The fraction of sp³-hybridized carbons (Fsp3) is 0.667. The molecule has 1 saturated carbocycles. The number of rotatable bonds is 5. The molecular weight excluding hydrogens is 301 g/mol. The third kappa shape index (κ3) is 4.89. The highest BCUT2D eigenvalue weighted by atomic mass is 19.1. The molecule has 0 radical (unpaired) electrons. The Kier molecular flexibility index (Phi) is 6.97. The third-order valence-corrected chi connectivity index (χ3v) is 5.74. The maximum Gasteiger partial charge on any atom is 0.166 e. The highest BCUT2D eigenvalue weighted by Crippen LogP contribution is 2.33. The van der Waals surface area contributed by atoms with E-state index < -0.39 is 0 Å². The van der Waals surface area contributed by atoms with E-state index in [0.717, 1.165) is 37.8 Å². The average Bonchev–Trinajstić information content (AvgIpc) is 2.99. The number of nitrogens with zero attached hydrogens (tertiary/aromatic N) is 1. The largest absolute Gasteiger partial charge is 0.303 e. The van der Waals surface area contributed by atoms with Gasteiger partial charge < -0.3 is 4.90 Å². The number of likely N-dealkylation sites (tertiary alicyclic amines) is 1. The summed E-state index contributed by atoms with van der Waals surface area (Å²) in [5.74, 6) is 1.86. The minimum atomic E-state index is -0.280. The molecule has 1 aliphatic carbocycles. The van der Waals surface area contributed by atoms with Crippen molar-refractivity contribution < 1.29 is 9.18 Å². The van der Waals surface area contributed by atoms with Gasteiger partial charge in [0.05, 0.1) is 0 Å². The zero-order chi connectivity index (χ0) is 16.2. The highest BCUT2D eigenvalue weighted by molar-refractivity contribution is 5.97. The first-order valence-corrected chi connectivity index (χ1v) is 9.14. The van der Waals surface area contributed by atoms with Crippen LogP contribution in [-0.2, 0) is 0 Å². The molecule has 1 heterocycles. The lowest BCUT2D eigenvalue weighted by atomic mass is 9.88. The van der Waals surface area contributed by atoms with Crippen LogP contribution in [0.25, 0.3) is 0 Å². The van der Waals surface area contributed by atoms with Crippen LogP contribution in [0.2, 0.25) is 0 Å². The summed E-state index contributed by atoms with van der Waals surface area (Å²) in [6, 6.07) is 5.99. The van der Waals surface area contributed by atoms with Gasteiger partial charge in [0.25, 0.3) is 0 Å². The molecule has 3 rings (SSSR count). The van der Waals surface area contributed by atoms with E-state index in [1.54, 1.807) is 12.1 Å². The fourth-order valence-electron chi connectivity index (χ4n) is 4.22. The number of hydrogen-bond acceptors (Lipinski definition) is 2. The number of Topliss-reactive ketones (excluding diaryl/α,β-unsaturated/α-hetero) is 1. The molecule has 0 amide bonds. The molecule has 24 heavy (non-hydrogen) atoms. The Morgan fingerprint density at radius 1 is 1.12 bits per heavy atom. The molecule has 0 bridgehead atoms. The Morgan fingerprint density at radius 3 is 2.38 bits per heavy atom. The van der Waals surface area contributed by atoms with Gasteiger partial charge in [-0.05, 0) is 81.4 Å². The average molecular weight is 333 g/mol. The first kappa shape index (κ1) is 19.1. The van der Waals surface area contributed by atoms with Crippen molar-refractivity contribution >= 4 is 5.78 Å². The second-order valence-corrected chi connectivity index (χ2v) is 7.56. The molecular formula is C21H32FNO. The van der Waals surface area contributed by atoms with Crippen molar-refractivity contribution in [1.29, 1.82) is 0 Å². The van der Waals surface area contributed by atoms with E-state index in [2.05, 4.69) is 11.8 Å². The topological polar surface area (TPSA) is 20.3 Å². The number of carbonyl (C=O) groups excluding carboxylic acids is 1. The quantitative estimate of drug-likeness (QED) is 0.692. The van der Waals surface area contributed by atoms with Crippen LogP contribution in [0.3, 0.4) is 0 Å². The van der Waals surface area contributed by atoms with Crippen LogP contribution in [0.15, 0.2) is 24.3 Å². The standard InChI is InChI=1S/C20H28FNO.CH4/c1-15-2-3-16(14-15)8-11-22-12-9-18(10-13-22)20(23)17-4-6-19(21)7-5-17;/h4-7,15-16,18H,2-3,8-14H2,1H3;1H4/t15-,16-;/m0./s1. The number of piperidine rings is 1. The van der Waals surface area contributed by atoms with Crippen molar-refractivity contribution in [2.45, 2.75) is 52.9 Å². The monoisotopic (exact) mass is 333 g/mol. The van der Waals surface area contributed by atoms with Gasteiger partial charge in [-0.3, -0.25) is 4.79 Å². The molecule has 1 saturated heterocycles. The first-order valence-electron chi connectivity index (χ1n) is 9.14. The van der Waals surface area contributed by atoms with Crippen LogP contribution in [0, 0.1) is 23.6 Å². The summed E-state index contributed by atoms with van der Waals surface area (Å²) in [7, 11) is 0. The van der Waals surface area contributed by atoms with Gasteiger partial charge in [-0.25, -0.2) is 4.39 Å².